The lowest BCUT2D eigenvalue weighted by Gasteiger charge is -2.16. The topological polar surface area (TPSA) is 135 Å². The normalized spacial score (nSPS) is 14.5. The Morgan fingerprint density at radius 3 is 2.44 bits per heavy atom. The molecule has 1 fully saturated rings. The van der Waals surface area contributed by atoms with E-state index in [9.17, 15) is 9.59 Å². The molecule has 1 unspecified atom stereocenters. The van der Waals surface area contributed by atoms with E-state index >= 15 is 4.39 Å². The fraction of sp³-hybridized carbons (Fsp3) is 0.294. The van der Waals surface area contributed by atoms with Crippen molar-refractivity contribution in [2.75, 3.05) is 26.8 Å². The molecule has 0 saturated carbocycles. The summed E-state index contributed by atoms with van der Waals surface area (Å²) < 4.78 is 24.0. The number of hydrogen-bond acceptors (Lipinski definition) is 8. The number of aliphatic hydroxyl groups excluding tert-OH is 1. The van der Waals surface area contributed by atoms with E-state index in [0.29, 0.717) is 81.0 Å². The third-order valence-corrected chi connectivity index (χ3v) is 9.20. The van der Waals surface area contributed by atoms with E-state index < -0.39 is 5.82 Å². The Labute approximate surface area is 285 Å². The van der Waals surface area contributed by atoms with Crippen LogP contribution in [0.15, 0.2) is 59.5 Å². The molecule has 0 radical (unpaired) electrons. The van der Waals surface area contributed by atoms with E-state index in [-0.39, 0.29) is 42.1 Å². The first-order valence-corrected chi connectivity index (χ1v) is 16.2. The number of nitrogens with one attached hydrogen (secondary N) is 3. The molecule has 1 saturated heterocycles. The molecule has 3 aromatic heterocycles. The summed E-state index contributed by atoms with van der Waals surface area (Å²) in [5, 5.41) is 23.5. The molecule has 1 aliphatic heterocycles. The minimum atomic E-state index is -0.505. The van der Waals surface area contributed by atoms with Gasteiger partial charge >= 0.3 is 0 Å². The van der Waals surface area contributed by atoms with E-state index in [1.165, 1.54) is 22.3 Å². The number of rotatable bonds is 12. The van der Waals surface area contributed by atoms with Crippen molar-refractivity contribution in [2.45, 2.75) is 32.0 Å². The largest absolute Gasteiger partial charge is 0.481 e. The van der Waals surface area contributed by atoms with Crippen molar-refractivity contribution in [1.29, 1.82) is 0 Å². The van der Waals surface area contributed by atoms with Gasteiger partial charge in [0, 0.05) is 79.2 Å². The lowest BCUT2D eigenvalue weighted by atomic mass is 9.97. The molecule has 11 nitrogen and oxygen atoms in total. The number of ether oxygens (including phenoxy) is 1. The molecule has 2 aromatic carbocycles. The van der Waals surface area contributed by atoms with Gasteiger partial charge in [-0.3, -0.25) is 14.2 Å². The summed E-state index contributed by atoms with van der Waals surface area (Å²) in [6.45, 7) is 1.33. The number of halogens is 3. The van der Waals surface area contributed by atoms with Crippen LogP contribution >= 0.6 is 23.2 Å². The van der Waals surface area contributed by atoms with Crippen LogP contribution in [-0.4, -0.2) is 63.0 Å². The Balaban J connectivity index is 1.31. The number of aromatic nitrogens is 4. The average Bonchev–Trinajstić information content (AvgIpc) is 3.70. The van der Waals surface area contributed by atoms with Crippen molar-refractivity contribution in [3.63, 3.8) is 0 Å². The van der Waals surface area contributed by atoms with Crippen molar-refractivity contribution in [2.24, 2.45) is 7.05 Å². The number of aliphatic hydroxyl groups is 1. The van der Waals surface area contributed by atoms with Crippen LogP contribution < -0.4 is 26.2 Å². The lowest BCUT2D eigenvalue weighted by Crippen LogP contribution is -2.35. The minimum absolute atomic E-state index is 0.00448. The Morgan fingerprint density at radius 2 is 1.75 bits per heavy atom. The Bertz CT molecular complexity index is 2070. The van der Waals surface area contributed by atoms with Crippen LogP contribution in [0.2, 0.25) is 10.0 Å². The molecule has 1 amide bonds. The number of benzene rings is 2. The molecule has 14 heteroatoms. The van der Waals surface area contributed by atoms with E-state index in [4.69, 9.17) is 33.0 Å². The molecule has 5 aromatic rings. The van der Waals surface area contributed by atoms with Gasteiger partial charge in [0.05, 0.1) is 41.6 Å². The Morgan fingerprint density at radius 1 is 1.04 bits per heavy atom. The predicted octanol–water partition coefficient (Wildman–Crippen LogP) is 4.33. The maximum atomic E-state index is 15.5. The monoisotopic (exact) mass is 693 g/mol. The number of fused-ring (bicyclic) bond motifs is 1. The Kier molecular flexibility index (Phi) is 10.1. The van der Waals surface area contributed by atoms with Crippen molar-refractivity contribution < 1.29 is 19.0 Å². The second-order valence-corrected chi connectivity index (χ2v) is 12.2. The van der Waals surface area contributed by atoms with Crippen LogP contribution in [0.4, 0.5) is 4.39 Å². The summed E-state index contributed by atoms with van der Waals surface area (Å²) in [4.78, 5) is 29.2. The molecule has 4 N–H and O–H groups in total. The van der Waals surface area contributed by atoms with Gasteiger partial charge < -0.3 is 25.8 Å². The second-order valence-electron chi connectivity index (χ2n) is 11.5. The van der Waals surface area contributed by atoms with E-state index in [0.717, 1.165) is 6.42 Å². The first kappa shape index (κ1) is 33.6. The molecule has 1 aliphatic rings. The summed E-state index contributed by atoms with van der Waals surface area (Å²) in [6, 6.07) is 14.0. The highest BCUT2D eigenvalue weighted by atomic mass is 35.5. The van der Waals surface area contributed by atoms with Gasteiger partial charge in [0.15, 0.2) is 0 Å². The zero-order valence-electron chi connectivity index (χ0n) is 26.3. The van der Waals surface area contributed by atoms with E-state index in [1.807, 2.05) is 24.3 Å². The summed E-state index contributed by atoms with van der Waals surface area (Å²) in [5.74, 6) is 0.151. The number of carbonyl (C=O) groups excluding carboxylic acids is 1. The third kappa shape index (κ3) is 6.67. The number of carbonyl (C=O) groups is 1. The van der Waals surface area contributed by atoms with Gasteiger partial charge in [-0.2, -0.15) is 5.10 Å². The molecule has 0 spiro atoms. The number of nitrogens with zero attached hydrogens (tertiary/aromatic N) is 4. The predicted molar refractivity (Wildman–Crippen MR) is 183 cm³/mol. The summed E-state index contributed by atoms with van der Waals surface area (Å²) in [5.41, 5.74) is 3.82. The van der Waals surface area contributed by atoms with Crippen LogP contribution in [0.3, 0.4) is 0 Å². The van der Waals surface area contributed by atoms with Gasteiger partial charge in [-0.05, 0) is 12.5 Å². The SMILES string of the molecule is COc1nc(-c2cccc(-c3cccc(-c4cc5c(=O)n(C)c(CNCCO)nn5c4)c3Cl)c2Cl)cc(F)c1CNCC1CCC(=O)N1. The fourth-order valence-corrected chi connectivity index (χ4v) is 6.50. The molecule has 250 valence electrons. The van der Waals surface area contributed by atoms with Crippen LogP contribution in [0.25, 0.3) is 39.0 Å². The number of pyridine rings is 1. The highest BCUT2D eigenvalue weighted by molar-refractivity contribution is 6.39. The van der Waals surface area contributed by atoms with Crippen molar-refractivity contribution >= 4 is 34.6 Å². The van der Waals surface area contributed by atoms with E-state index in [1.54, 1.807) is 31.4 Å². The van der Waals surface area contributed by atoms with Crippen molar-refractivity contribution in [3.05, 3.63) is 92.3 Å². The molecule has 4 heterocycles. The third-order valence-electron chi connectivity index (χ3n) is 8.38. The molecule has 48 heavy (non-hydrogen) atoms. The maximum absolute atomic E-state index is 15.5. The standard InChI is InChI=1S/C34H34Cl2FN7O4/c1-43-29(17-38-11-12-45)42-44-18-19(13-28(44)34(43)47)21-5-3-6-22(31(21)35)23-7-4-8-24(32(23)36)27-14-26(37)25(33(41-27)48-2)16-39-15-20-9-10-30(46)40-20/h3-8,13-14,18,20,38-39,45H,9-12,15-17H2,1-2H3,(H,40,46). The Hall–Kier alpha value is -4.33. The van der Waals surface area contributed by atoms with Crippen LogP contribution in [0.1, 0.15) is 24.2 Å². The number of amides is 1. The molecular formula is C34H34Cl2FN7O4. The zero-order valence-corrected chi connectivity index (χ0v) is 27.8. The second kappa shape index (κ2) is 14.4. The van der Waals surface area contributed by atoms with Crippen LogP contribution in [0, 0.1) is 5.82 Å². The first-order valence-electron chi connectivity index (χ1n) is 15.4. The van der Waals surface area contributed by atoms with Gasteiger partial charge in [0.1, 0.15) is 17.2 Å². The minimum Gasteiger partial charge on any atom is -0.481 e. The van der Waals surface area contributed by atoms with Gasteiger partial charge in [-0.25, -0.2) is 13.9 Å². The summed E-state index contributed by atoms with van der Waals surface area (Å²) in [6.07, 6.45) is 2.97. The first-order chi connectivity index (χ1) is 23.2. The molecule has 6 rings (SSSR count). The summed E-state index contributed by atoms with van der Waals surface area (Å²) >= 11 is 14.0. The van der Waals surface area contributed by atoms with Gasteiger partial charge in [0.25, 0.3) is 5.56 Å². The quantitative estimate of drug-likeness (QED) is 0.142. The van der Waals surface area contributed by atoms with E-state index in [2.05, 4.69) is 26.0 Å². The van der Waals surface area contributed by atoms with Gasteiger partial charge in [-0.15, -0.1) is 0 Å². The highest BCUT2D eigenvalue weighted by Crippen LogP contribution is 2.42. The lowest BCUT2D eigenvalue weighted by molar-refractivity contribution is -0.119. The van der Waals surface area contributed by atoms with Crippen LogP contribution in [0.5, 0.6) is 5.88 Å². The molecule has 1 atom stereocenters. The molecule has 0 aliphatic carbocycles. The highest BCUT2D eigenvalue weighted by Gasteiger charge is 2.23. The average molecular weight is 695 g/mol. The molecular weight excluding hydrogens is 660 g/mol. The van der Waals surface area contributed by atoms with Crippen molar-refractivity contribution in [1.82, 2.24) is 35.1 Å². The zero-order chi connectivity index (χ0) is 33.9. The van der Waals surface area contributed by atoms with Gasteiger partial charge in [-0.1, -0.05) is 59.6 Å². The van der Waals surface area contributed by atoms with Crippen LogP contribution in [-0.2, 0) is 24.9 Å². The van der Waals surface area contributed by atoms with Crippen molar-refractivity contribution in [3.8, 4) is 39.4 Å². The number of hydrogen-bond donors (Lipinski definition) is 4. The number of methoxy groups -OCH3 is 1. The molecule has 0 bridgehead atoms. The fourth-order valence-electron chi connectivity index (χ4n) is 5.84. The van der Waals surface area contributed by atoms with Gasteiger partial charge in [0.2, 0.25) is 11.8 Å². The maximum Gasteiger partial charge on any atom is 0.277 e. The summed E-state index contributed by atoms with van der Waals surface area (Å²) in [7, 11) is 3.08. The smallest absolute Gasteiger partial charge is 0.277 e.